The van der Waals surface area contributed by atoms with Gasteiger partial charge < -0.3 is 0 Å². The smallest absolute Gasteiger partial charge is 0.155 e. The van der Waals surface area contributed by atoms with Crippen LogP contribution >= 0.6 is 0 Å². The minimum atomic E-state index is 0.790. The molecule has 0 aliphatic heterocycles. The lowest BCUT2D eigenvalue weighted by molar-refractivity contribution is 0.844. The van der Waals surface area contributed by atoms with E-state index in [1.54, 1.807) is 17.2 Å². The standard InChI is InChI=1S/C8H8N4.C2H6/c1-7-2-3-8(10-4-7)12-6-9-5-11-12;1-2/h2-6H,1H3;1-2H3. The molecular weight excluding hydrogens is 176 g/mol. The van der Waals surface area contributed by atoms with Crippen molar-refractivity contribution in [1.82, 2.24) is 19.7 Å². The highest BCUT2D eigenvalue weighted by molar-refractivity contribution is 5.22. The SMILES string of the molecule is CC.Cc1ccc(-n2cncn2)nc1. The quantitative estimate of drug-likeness (QED) is 0.690. The van der Waals surface area contributed by atoms with Gasteiger partial charge in [-0.2, -0.15) is 5.10 Å². The minimum Gasteiger partial charge on any atom is -0.237 e. The average molecular weight is 190 g/mol. The van der Waals surface area contributed by atoms with Gasteiger partial charge in [-0.25, -0.2) is 14.6 Å². The Morgan fingerprint density at radius 3 is 2.50 bits per heavy atom. The molecule has 0 aliphatic rings. The Morgan fingerprint density at radius 2 is 2.00 bits per heavy atom. The molecule has 0 amide bonds. The first-order valence-electron chi connectivity index (χ1n) is 4.64. The lowest BCUT2D eigenvalue weighted by Gasteiger charge is -1.97. The van der Waals surface area contributed by atoms with Gasteiger partial charge in [0.1, 0.15) is 12.7 Å². The van der Waals surface area contributed by atoms with E-state index in [-0.39, 0.29) is 0 Å². The third-order valence-electron chi connectivity index (χ3n) is 1.55. The van der Waals surface area contributed by atoms with Crippen LogP contribution in [-0.4, -0.2) is 19.7 Å². The number of aromatic nitrogens is 4. The summed E-state index contributed by atoms with van der Waals surface area (Å²) in [5.74, 6) is 0.790. The largest absolute Gasteiger partial charge is 0.237 e. The van der Waals surface area contributed by atoms with E-state index in [1.807, 2.05) is 32.9 Å². The molecule has 0 aromatic carbocycles. The molecule has 2 aromatic heterocycles. The molecule has 0 fully saturated rings. The van der Waals surface area contributed by atoms with E-state index < -0.39 is 0 Å². The second-order valence-corrected chi connectivity index (χ2v) is 2.53. The minimum absolute atomic E-state index is 0.790. The Balaban J connectivity index is 0.000000461. The van der Waals surface area contributed by atoms with Gasteiger partial charge >= 0.3 is 0 Å². The number of hydrogen-bond acceptors (Lipinski definition) is 3. The fourth-order valence-electron chi connectivity index (χ4n) is 0.922. The highest BCUT2D eigenvalue weighted by Crippen LogP contribution is 2.01. The second kappa shape index (κ2) is 5.11. The molecule has 2 aromatic rings. The Morgan fingerprint density at radius 1 is 1.21 bits per heavy atom. The third-order valence-corrected chi connectivity index (χ3v) is 1.55. The fraction of sp³-hybridized carbons (Fsp3) is 0.300. The average Bonchev–Trinajstić information content (AvgIpc) is 2.75. The maximum atomic E-state index is 4.18. The van der Waals surface area contributed by atoms with Gasteiger partial charge in [0.2, 0.25) is 0 Å². The van der Waals surface area contributed by atoms with Crippen molar-refractivity contribution in [3.05, 3.63) is 36.5 Å². The number of nitrogens with zero attached hydrogens (tertiary/aromatic N) is 4. The van der Waals surface area contributed by atoms with Crippen molar-refractivity contribution in [3.8, 4) is 5.82 Å². The number of aryl methyl sites for hydroxylation is 1. The first-order valence-corrected chi connectivity index (χ1v) is 4.64. The summed E-state index contributed by atoms with van der Waals surface area (Å²) in [4.78, 5) is 8.01. The zero-order valence-corrected chi connectivity index (χ0v) is 8.68. The fourth-order valence-corrected chi connectivity index (χ4v) is 0.922. The zero-order chi connectivity index (χ0) is 10.4. The molecule has 14 heavy (non-hydrogen) atoms. The van der Waals surface area contributed by atoms with Crippen molar-refractivity contribution in [2.24, 2.45) is 0 Å². The highest BCUT2D eigenvalue weighted by atomic mass is 15.3. The number of rotatable bonds is 1. The molecule has 0 atom stereocenters. The van der Waals surface area contributed by atoms with Crippen LogP contribution in [0.4, 0.5) is 0 Å². The zero-order valence-electron chi connectivity index (χ0n) is 8.68. The summed E-state index contributed by atoms with van der Waals surface area (Å²) in [5.41, 5.74) is 1.14. The van der Waals surface area contributed by atoms with E-state index in [0.717, 1.165) is 11.4 Å². The van der Waals surface area contributed by atoms with Gasteiger partial charge in [0.15, 0.2) is 5.82 Å². The number of pyridine rings is 1. The van der Waals surface area contributed by atoms with Gasteiger partial charge in [0.25, 0.3) is 0 Å². The molecule has 0 unspecified atom stereocenters. The van der Waals surface area contributed by atoms with Crippen molar-refractivity contribution >= 4 is 0 Å². The maximum Gasteiger partial charge on any atom is 0.155 e. The maximum absolute atomic E-state index is 4.18. The van der Waals surface area contributed by atoms with E-state index in [1.165, 1.54) is 6.33 Å². The van der Waals surface area contributed by atoms with Gasteiger partial charge in [-0.15, -0.1) is 0 Å². The molecule has 0 N–H and O–H groups in total. The first kappa shape index (κ1) is 10.4. The van der Waals surface area contributed by atoms with E-state index in [2.05, 4.69) is 15.1 Å². The van der Waals surface area contributed by atoms with Crippen LogP contribution in [0, 0.1) is 6.92 Å². The third kappa shape index (κ3) is 2.39. The summed E-state index contributed by atoms with van der Waals surface area (Å²) >= 11 is 0. The molecule has 2 rings (SSSR count). The van der Waals surface area contributed by atoms with Gasteiger partial charge in [0, 0.05) is 6.20 Å². The molecule has 4 heteroatoms. The van der Waals surface area contributed by atoms with E-state index in [0.29, 0.717) is 0 Å². The van der Waals surface area contributed by atoms with Crippen molar-refractivity contribution in [3.63, 3.8) is 0 Å². The van der Waals surface area contributed by atoms with Crippen LogP contribution in [0.2, 0.25) is 0 Å². The van der Waals surface area contributed by atoms with Gasteiger partial charge in [-0.3, -0.25) is 0 Å². The van der Waals surface area contributed by atoms with Crippen LogP contribution in [-0.2, 0) is 0 Å². The lowest BCUT2D eigenvalue weighted by atomic mass is 10.3. The molecule has 0 saturated carbocycles. The first-order chi connectivity index (χ1) is 6.86. The molecule has 0 spiro atoms. The monoisotopic (exact) mass is 190 g/mol. The van der Waals surface area contributed by atoms with Gasteiger partial charge in [-0.1, -0.05) is 19.9 Å². The van der Waals surface area contributed by atoms with Crippen molar-refractivity contribution < 1.29 is 0 Å². The second-order valence-electron chi connectivity index (χ2n) is 2.53. The summed E-state index contributed by atoms with van der Waals surface area (Å²) in [6.45, 7) is 6.00. The normalized spacial score (nSPS) is 9.07. The summed E-state index contributed by atoms with van der Waals surface area (Å²) in [6, 6.07) is 3.90. The van der Waals surface area contributed by atoms with Crippen LogP contribution < -0.4 is 0 Å². The van der Waals surface area contributed by atoms with Crippen LogP contribution in [0.1, 0.15) is 19.4 Å². The van der Waals surface area contributed by atoms with Gasteiger partial charge in [0.05, 0.1) is 0 Å². The van der Waals surface area contributed by atoms with E-state index in [9.17, 15) is 0 Å². The number of hydrogen-bond donors (Lipinski definition) is 0. The predicted molar refractivity (Wildman–Crippen MR) is 55.2 cm³/mol. The topological polar surface area (TPSA) is 43.6 Å². The molecule has 0 bridgehead atoms. The van der Waals surface area contributed by atoms with Crippen molar-refractivity contribution in [1.29, 1.82) is 0 Å². The summed E-state index contributed by atoms with van der Waals surface area (Å²) in [5, 5.41) is 3.96. The van der Waals surface area contributed by atoms with Crippen LogP contribution in [0.5, 0.6) is 0 Å². The van der Waals surface area contributed by atoms with E-state index >= 15 is 0 Å². The van der Waals surface area contributed by atoms with Gasteiger partial charge in [-0.05, 0) is 18.6 Å². The molecule has 74 valence electrons. The Kier molecular flexibility index (Phi) is 3.79. The van der Waals surface area contributed by atoms with Crippen molar-refractivity contribution in [2.75, 3.05) is 0 Å². The highest BCUT2D eigenvalue weighted by Gasteiger charge is 1.95. The summed E-state index contributed by atoms with van der Waals surface area (Å²) < 4.78 is 1.62. The van der Waals surface area contributed by atoms with E-state index in [4.69, 9.17) is 0 Å². The Labute approximate surface area is 83.6 Å². The molecule has 0 radical (unpaired) electrons. The van der Waals surface area contributed by atoms with Crippen LogP contribution in [0.25, 0.3) is 5.82 Å². The molecule has 0 saturated heterocycles. The molecule has 2 heterocycles. The predicted octanol–water partition coefficient (Wildman–Crippen LogP) is 2.00. The molecule has 0 aliphatic carbocycles. The van der Waals surface area contributed by atoms with Crippen molar-refractivity contribution in [2.45, 2.75) is 20.8 Å². The van der Waals surface area contributed by atoms with Crippen LogP contribution in [0.3, 0.4) is 0 Å². The Hall–Kier alpha value is -1.71. The lowest BCUT2D eigenvalue weighted by Crippen LogP contribution is -1.96. The summed E-state index contributed by atoms with van der Waals surface area (Å²) in [7, 11) is 0. The molecular formula is C10H14N4. The van der Waals surface area contributed by atoms with Crippen LogP contribution in [0.15, 0.2) is 31.0 Å². The Bertz CT molecular complexity index is 350. The molecule has 4 nitrogen and oxygen atoms in total. The summed E-state index contributed by atoms with van der Waals surface area (Å²) in [6.07, 6.45) is 4.91.